The molecular weight excluding hydrogens is 390 g/mol. The first-order valence-corrected chi connectivity index (χ1v) is 10.6. The predicted octanol–water partition coefficient (Wildman–Crippen LogP) is 3.00. The van der Waals surface area contributed by atoms with Gasteiger partial charge < -0.3 is 14.6 Å². The Morgan fingerprint density at radius 1 is 1.17 bits per heavy atom. The van der Waals surface area contributed by atoms with Gasteiger partial charge in [0.25, 0.3) is 10.0 Å². The summed E-state index contributed by atoms with van der Waals surface area (Å²) < 4.78 is 34.2. The van der Waals surface area contributed by atoms with E-state index in [-0.39, 0.29) is 29.2 Å². The second kappa shape index (κ2) is 7.04. The molecule has 29 heavy (non-hydrogen) atoms. The Kier molecular flexibility index (Phi) is 4.66. The number of likely N-dealkylation sites (N-methyl/N-ethyl adjacent to an activating group) is 1. The van der Waals surface area contributed by atoms with Crippen LogP contribution in [0.4, 0.5) is 0 Å². The Morgan fingerprint density at radius 2 is 1.86 bits per heavy atom. The molecule has 0 radical (unpaired) electrons. The van der Waals surface area contributed by atoms with Gasteiger partial charge >= 0.3 is 0 Å². The largest absolute Gasteiger partial charge is 0.459 e. The summed E-state index contributed by atoms with van der Waals surface area (Å²) in [5.74, 6) is 0.709. The lowest BCUT2D eigenvalue weighted by molar-refractivity contribution is -0.122. The van der Waals surface area contributed by atoms with Crippen molar-refractivity contribution in [2.45, 2.75) is 24.8 Å². The number of fused-ring (bicyclic) bond motifs is 2. The number of amidine groups is 1. The van der Waals surface area contributed by atoms with E-state index >= 15 is 0 Å². The highest BCUT2D eigenvalue weighted by Crippen LogP contribution is 2.29. The number of nitrogens with one attached hydrogen (secondary N) is 1. The minimum Gasteiger partial charge on any atom is -0.459 e. The summed E-state index contributed by atoms with van der Waals surface area (Å²) >= 11 is 0. The van der Waals surface area contributed by atoms with Gasteiger partial charge in [0.05, 0.1) is 12.6 Å². The van der Waals surface area contributed by atoms with Gasteiger partial charge in [0.1, 0.15) is 16.2 Å². The van der Waals surface area contributed by atoms with Crippen molar-refractivity contribution in [2.24, 2.45) is 4.40 Å². The fourth-order valence-electron chi connectivity index (χ4n) is 3.61. The van der Waals surface area contributed by atoms with Crippen LogP contribution in [0.3, 0.4) is 0 Å². The van der Waals surface area contributed by atoms with Crippen LogP contribution in [-0.4, -0.2) is 38.7 Å². The van der Waals surface area contributed by atoms with E-state index in [1.807, 2.05) is 38.1 Å². The Labute approximate surface area is 169 Å². The maximum absolute atomic E-state index is 12.6. The Hall–Kier alpha value is -3.13. The summed E-state index contributed by atoms with van der Waals surface area (Å²) in [5, 5.41) is 3.93. The minimum absolute atomic E-state index is 0.0354. The molecule has 1 atom stereocenters. The Balaban J connectivity index is 1.49. The highest BCUT2D eigenvalue weighted by Gasteiger charge is 2.31. The van der Waals surface area contributed by atoms with Gasteiger partial charge in [0.15, 0.2) is 5.84 Å². The van der Waals surface area contributed by atoms with Gasteiger partial charge in [-0.1, -0.05) is 30.3 Å². The fourth-order valence-corrected chi connectivity index (χ4v) is 4.86. The van der Waals surface area contributed by atoms with E-state index in [0.29, 0.717) is 11.3 Å². The number of rotatable bonds is 4. The third-order valence-electron chi connectivity index (χ3n) is 5.01. The van der Waals surface area contributed by atoms with Crippen molar-refractivity contribution in [3.63, 3.8) is 0 Å². The Morgan fingerprint density at radius 3 is 2.62 bits per heavy atom. The first-order valence-electron chi connectivity index (χ1n) is 9.21. The van der Waals surface area contributed by atoms with E-state index in [9.17, 15) is 13.2 Å². The zero-order valence-electron chi connectivity index (χ0n) is 16.3. The molecule has 1 aromatic heterocycles. The van der Waals surface area contributed by atoms with Gasteiger partial charge in [0, 0.05) is 23.6 Å². The van der Waals surface area contributed by atoms with Crippen LogP contribution in [0.2, 0.25) is 0 Å². The van der Waals surface area contributed by atoms with E-state index in [1.165, 1.54) is 11.0 Å². The van der Waals surface area contributed by atoms with Crippen molar-refractivity contribution in [1.29, 1.82) is 0 Å². The van der Waals surface area contributed by atoms with E-state index in [2.05, 4.69) is 9.71 Å². The van der Waals surface area contributed by atoms with Gasteiger partial charge in [0.2, 0.25) is 5.91 Å². The number of benzene rings is 2. The maximum Gasteiger partial charge on any atom is 0.285 e. The summed E-state index contributed by atoms with van der Waals surface area (Å²) in [6, 6.07) is 14.0. The fraction of sp³-hybridized carbons (Fsp3) is 0.238. The number of para-hydroxylation sites is 1. The van der Waals surface area contributed by atoms with Gasteiger partial charge in [-0.2, -0.15) is 8.42 Å². The smallest absolute Gasteiger partial charge is 0.285 e. The van der Waals surface area contributed by atoms with Crippen molar-refractivity contribution in [1.82, 2.24) is 10.2 Å². The molecule has 0 bridgehead atoms. The zero-order chi connectivity index (χ0) is 20.8. The molecule has 4 rings (SSSR count). The molecule has 7 nitrogen and oxygen atoms in total. The predicted molar refractivity (Wildman–Crippen MR) is 110 cm³/mol. The third kappa shape index (κ3) is 3.40. The summed E-state index contributed by atoms with van der Waals surface area (Å²) in [4.78, 5) is 14.3. The molecule has 0 saturated carbocycles. The number of aryl methyl sites for hydroxylation is 1. The quantitative estimate of drug-likeness (QED) is 0.713. The number of amides is 1. The molecule has 2 heterocycles. The number of hydrogen-bond acceptors (Lipinski definition) is 5. The number of nitrogens with zero attached hydrogens (tertiary/aromatic N) is 2. The van der Waals surface area contributed by atoms with Crippen LogP contribution >= 0.6 is 0 Å². The molecule has 2 aromatic carbocycles. The van der Waals surface area contributed by atoms with Gasteiger partial charge in [-0.25, -0.2) is 0 Å². The van der Waals surface area contributed by atoms with Crippen molar-refractivity contribution < 1.29 is 17.6 Å². The van der Waals surface area contributed by atoms with Crippen molar-refractivity contribution in [3.8, 4) is 0 Å². The molecule has 8 heteroatoms. The second-order valence-electron chi connectivity index (χ2n) is 7.12. The molecule has 1 aliphatic heterocycles. The van der Waals surface area contributed by atoms with Crippen molar-refractivity contribution in [3.05, 3.63) is 65.4 Å². The molecular formula is C21H21N3O4S. The lowest BCUT2D eigenvalue weighted by atomic mass is 10.1. The number of carbonyl (C=O) groups is 1. The summed E-state index contributed by atoms with van der Waals surface area (Å²) in [5.41, 5.74) is 2.27. The average molecular weight is 411 g/mol. The first-order chi connectivity index (χ1) is 13.8. The summed E-state index contributed by atoms with van der Waals surface area (Å²) in [6.45, 7) is 3.78. The normalized spacial score (nSPS) is 15.6. The molecule has 1 amide bonds. The first kappa shape index (κ1) is 19.2. The summed E-state index contributed by atoms with van der Waals surface area (Å²) in [7, 11) is -2.08. The molecule has 3 aromatic rings. The third-order valence-corrected chi connectivity index (χ3v) is 6.33. The van der Waals surface area contributed by atoms with Crippen molar-refractivity contribution in [2.75, 3.05) is 13.6 Å². The molecule has 1 aliphatic rings. The second-order valence-corrected chi connectivity index (χ2v) is 8.69. The monoisotopic (exact) mass is 411 g/mol. The van der Waals surface area contributed by atoms with Crippen LogP contribution in [0, 0.1) is 6.92 Å². The van der Waals surface area contributed by atoms with Crippen LogP contribution < -0.4 is 5.32 Å². The van der Waals surface area contributed by atoms with Crippen LogP contribution in [0.5, 0.6) is 0 Å². The topological polar surface area (TPSA) is 92.0 Å². The molecule has 0 fully saturated rings. The minimum atomic E-state index is -3.72. The van der Waals surface area contributed by atoms with Crippen LogP contribution in [-0.2, 0) is 14.8 Å². The lowest BCUT2D eigenvalue weighted by Crippen LogP contribution is -2.39. The average Bonchev–Trinajstić information content (AvgIpc) is 3.17. The highest BCUT2D eigenvalue weighted by atomic mass is 32.2. The zero-order valence-corrected chi connectivity index (χ0v) is 17.2. The standard InChI is InChI=1S/C21H21N3O4S/c1-13-15-8-4-6-10-17(15)28-20(13)14(2)22-19(25)12-24(3)21-16-9-5-7-11-18(16)29(26,27)23-21/h4-11,14H,12H2,1-3H3,(H,22,25). The van der Waals surface area contributed by atoms with E-state index in [4.69, 9.17) is 4.42 Å². The van der Waals surface area contributed by atoms with E-state index in [1.54, 1.807) is 25.2 Å². The number of sulfonamides is 1. The molecule has 0 aliphatic carbocycles. The SMILES string of the molecule is Cc1c(C(C)NC(=O)CN(C)C2=NS(=O)(=O)c3ccccc32)oc2ccccc12. The number of furan rings is 1. The van der Waals surface area contributed by atoms with Gasteiger partial charge in [-0.3, -0.25) is 4.79 Å². The Bertz CT molecular complexity index is 1240. The molecule has 150 valence electrons. The van der Waals surface area contributed by atoms with Gasteiger partial charge in [-0.15, -0.1) is 4.40 Å². The molecule has 0 spiro atoms. The molecule has 1 N–H and O–H groups in total. The van der Waals surface area contributed by atoms with Crippen LogP contribution in [0.15, 0.2) is 62.2 Å². The number of carbonyl (C=O) groups excluding carboxylic acids is 1. The van der Waals surface area contributed by atoms with E-state index < -0.39 is 10.0 Å². The summed E-state index contributed by atoms with van der Waals surface area (Å²) in [6.07, 6.45) is 0. The van der Waals surface area contributed by atoms with Crippen LogP contribution in [0.1, 0.15) is 29.9 Å². The van der Waals surface area contributed by atoms with Crippen LogP contribution in [0.25, 0.3) is 11.0 Å². The molecule has 1 unspecified atom stereocenters. The molecule has 0 saturated heterocycles. The lowest BCUT2D eigenvalue weighted by Gasteiger charge is -2.20. The van der Waals surface area contributed by atoms with E-state index in [0.717, 1.165) is 16.5 Å². The van der Waals surface area contributed by atoms with Gasteiger partial charge in [-0.05, 0) is 32.0 Å². The van der Waals surface area contributed by atoms with Crippen molar-refractivity contribution >= 4 is 32.7 Å². The maximum atomic E-state index is 12.6. The highest BCUT2D eigenvalue weighted by molar-refractivity contribution is 7.90. The number of hydrogen-bond donors (Lipinski definition) is 1.